The average Bonchev–Trinajstić information content (AvgIpc) is 2.79. The summed E-state index contributed by atoms with van der Waals surface area (Å²) in [7, 11) is 0. The topological polar surface area (TPSA) is 73.3 Å². The first-order valence-electron chi connectivity index (χ1n) is 5.26. The summed E-state index contributed by atoms with van der Waals surface area (Å²) in [5, 5.41) is 11.8. The van der Waals surface area contributed by atoms with Crippen molar-refractivity contribution in [1.82, 2.24) is 10.2 Å². The molecule has 0 spiro atoms. The summed E-state index contributed by atoms with van der Waals surface area (Å²) in [6, 6.07) is 0. The van der Waals surface area contributed by atoms with E-state index >= 15 is 0 Å². The number of carbonyl (C=O) groups is 1. The number of anilines is 1. The molecule has 1 N–H and O–H groups in total. The molecule has 0 aliphatic carbocycles. The first-order chi connectivity index (χ1) is 8.16. The third kappa shape index (κ3) is 2.94. The van der Waals surface area contributed by atoms with E-state index in [1.807, 2.05) is 13.8 Å². The molecule has 6 nitrogen and oxygen atoms in total. The van der Waals surface area contributed by atoms with Crippen LogP contribution in [0.2, 0.25) is 0 Å². The summed E-state index contributed by atoms with van der Waals surface area (Å²) < 4.78 is 10.2. The first-order valence-corrected chi connectivity index (χ1v) is 6.08. The van der Waals surface area contributed by atoms with E-state index in [0.717, 1.165) is 5.01 Å². The largest absolute Gasteiger partial charge is 0.494 e. The number of hydrogen-bond acceptors (Lipinski definition) is 6. The van der Waals surface area contributed by atoms with Gasteiger partial charge in [0.25, 0.3) is 5.91 Å². The Morgan fingerprint density at radius 2 is 2.29 bits per heavy atom. The van der Waals surface area contributed by atoms with Crippen LogP contribution < -0.4 is 5.32 Å². The lowest BCUT2D eigenvalue weighted by Gasteiger charge is -2.13. The highest BCUT2D eigenvalue weighted by atomic mass is 32.1. The van der Waals surface area contributed by atoms with Crippen molar-refractivity contribution in [2.24, 2.45) is 0 Å². The predicted molar refractivity (Wildman–Crippen MR) is 62.6 cm³/mol. The minimum absolute atomic E-state index is 0.164. The zero-order chi connectivity index (χ0) is 12.3. The number of aromatic nitrogens is 2. The molecule has 0 fully saturated rings. The van der Waals surface area contributed by atoms with Gasteiger partial charge in [-0.05, 0) is 0 Å². The molecule has 1 aliphatic heterocycles. The number of nitrogens with one attached hydrogen (secondary N) is 1. The summed E-state index contributed by atoms with van der Waals surface area (Å²) in [5.41, 5.74) is 0. The number of carbonyl (C=O) groups excluding carboxylic acids is 1. The Balaban J connectivity index is 2.00. The first kappa shape index (κ1) is 11.8. The highest BCUT2D eigenvalue weighted by Crippen LogP contribution is 2.22. The van der Waals surface area contributed by atoms with Crippen molar-refractivity contribution in [3.05, 3.63) is 17.0 Å². The summed E-state index contributed by atoms with van der Waals surface area (Å²) in [6.07, 6.45) is 1.31. The number of amides is 1. The van der Waals surface area contributed by atoms with Crippen LogP contribution in [0.25, 0.3) is 0 Å². The second kappa shape index (κ2) is 5.13. The lowest BCUT2D eigenvalue weighted by atomic mass is 10.2. The van der Waals surface area contributed by atoms with Crippen molar-refractivity contribution < 1.29 is 14.3 Å². The number of hydrogen-bond donors (Lipinski definition) is 1. The van der Waals surface area contributed by atoms with Crippen LogP contribution in [0.1, 0.15) is 24.8 Å². The molecule has 17 heavy (non-hydrogen) atoms. The molecular weight excluding hydrogens is 242 g/mol. The summed E-state index contributed by atoms with van der Waals surface area (Å²) in [6.45, 7) is 4.89. The molecule has 2 heterocycles. The molecule has 0 unspecified atom stereocenters. The van der Waals surface area contributed by atoms with E-state index in [4.69, 9.17) is 9.47 Å². The predicted octanol–water partition coefficient (Wildman–Crippen LogP) is 1.49. The molecule has 92 valence electrons. The molecule has 0 saturated heterocycles. The van der Waals surface area contributed by atoms with Crippen LogP contribution in [0.5, 0.6) is 0 Å². The maximum Gasteiger partial charge on any atom is 0.295 e. The molecular formula is C10H13N3O3S. The summed E-state index contributed by atoms with van der Waals surface area (Å²) in [4.78, 5) is 11.7. The maximum absolute atomic E-state index is 11.7. The van der Waals surface area contributed by atoms with Gasteiger partial charge in [0, 0.05) is 5.92 Å². The van der Waals surface area contributed by atoms with Gasteiger partial charge in [-0.1, -0.05) is 25.2 Å². The lowest BCUT2D eigenvalue weighted by Crippen LogP contribution is -2.21. The maximum atomic E-state index is 11.7. The van der Waals surface area contributed by atoms with Crippen molar-refractivity contribution in [2.45, 2.75) is 19.8 Å². The molecule has 7 heteroatoms. The fourth-order valence-electron chi connectivity index (χ4n) is 1.16. The third-order valence-corrected chi connectivity index (χ3v) is 3.17. The van der Waals surface area contributed by atoms with Crippen LogP contribution in [0, 0.1) is 0 Å². The van der Waals surface area contributed by atoms with Gasteiger partial charge in [0.2, 0.25) is 10.9 Å². The standard InChI is InChI=1S/C10H13N3O3S/c1-6(2)9-12-13-10(17-9)11-8(14)7-5-15-3-4-16-7/h5-6H,3-4H2,1-2H3,(H,11,13,14). The van der Waals surface area contributed by atoms with Crippen molar-refractivity contribution >= 4 is 22.4 Å². The van der Waals surface area contributed by atoms with E-state index in [1.165, 1.54) is 17.6 Å². The van der Waals surface area contributed by atoms with Gasteiger partial charge < -0.3 is 9.47 Å². The van der Waals surface area contributed by atoms with Crippen LogP contribution in [0.4, 0.5) is 5.13 Å². The molecule has 1 amide bonds. The zero-order valence-electron chi connectivity index (χ0n) is 9.60. The normalized spacial score (nSPS) is 14.9. The van der Waals surface area contributed by atoms with Gasteiger partial charge >= 0.3 is 0 Å². The second-order valence-electron chi connectivity index (χ2n) is 3.76. The smallest absolute Gasteiger partial charge is 0.295 e. The number of ether oxygens (including phenoxy) is 2. The molecule has 0 atom stereocenters. The van der Waals surface area contributed by atoms with E-state index < -0.39 is 0 Å². The number of rotatable bonds is 3. The third-order valence-electron chi connectivity index (χ3n) is 2.03. The Labute approximate surface area is 103 Å². The lowest BCUT2D eigenvalue weighted by molar-refractivity contribution is -0.117. The highest BCUT2D eigenvalue weighted by molar-refractivity contribution is 7.15. The fraction of sp³-hybridized carbons (Fsp3) is 0.500. The van der Waals surface area contributed by atoms with Crippen molar-refractivity contribution in [2.75, 3.05) is 18.5 Å². The van der Waals surface area contributed by atoms with Crippen molar-refractivity contribution in [3.63, 3.8) is 0 Å². The van der Waals surface area contributed by atoms with Gasteiger partial charge in [-0.2, -0.15) is 0 Å². The van der Waals surface area contributed by atoms with Gasteiger partial charge in [-0.3, -0.25) is 10.1 Å². The summed E-state index contributed by atoms with van der Waals surface area (Å²) >= 11 is 1.36. The van der Waals surface area contributed by atoms with Gasteiger partial charge in [-0.15, -0.1) is 10.2 Å². The van der Waals surface area contributed by atoms with Crippen LogP contribution in [-0.4, -0.2) is 29.3 Å². The Bertz CT molecular complexity index is 442. The van der Waals surface area contributed by atoms with Crippen LogP contribution >= 0.6 is 11.3 Å². The SMILES string of the molecule is CC(C)c1nnc(NC(=O)C2=COCCO2)s1. The average molecular weight is 255 g/mol. The van der Waals surface area contributed by atoms with E-state index in [0.29, 0.717) is 24.3 Å². The van der Waals surface area contributed by atoms with Crippen molar-refractivity contribution in [3.8, 4) is 0 Å². The van der Waals surface area contributed by atoms with E-state index in [2.05, 4.69) is 15.5 Å². The Morgan fingerprint density at radius 1 is 1.47 bits per heavy atom. The van der Waals surface area contributed by atoms with Crippen LogP contribution in [0.3, 0.4) is 0 Å². The zero-order valence-corrected chi connectivity index (χ0v) is 10.4. The van der Waals surface area contributed by atoms with E-state index in [1.54, 1.807) is 0 Å². The van der Waals surface area contributed by atoms with Crippen LogP contribution in [0.15, 0.2) is 12.0 Å². The molecule has 0 radical (unpaired) electrons. The van der Waals surface area contributed by atoms with Gasteiger partial charge in [0.15, 0.2) is 0 Å². The Morgan fingerprint density at radius 3 is 2.88 bits per heavy atom. The van der Waals surface area contributed by atoms with Gasteiger partial charge in [0.1, 0.15) is 24.5 Å². The fourth-order valence-corrected chi connectivity index (χ4v) is 1.91. The molecule has 1 aliphatic rings. The number of nitrogens with zero attached hydrogens (tertiary/aromatic N) is 2. The Kier molecular flexibility index (Phi) is 3.58. The molecule has 0 bridgehead atoms. The quantitative estimate of drug-likeness (QED) is 0.885. The molecule has 1 aromatic rings. The summed E-state index contributed by atoms with van der Waals surface area (Å²) in [5.74, 6) is 0.0975. The van der Waals surface area contributed by atoms with Crippen LogP contribution in [-0.2, 0) is 14.3 Å². The van der Waals surface area contributed by atoms with Gasteiger partial charge in [-0.25, -0.2) is 0 Å². The molecule has 1 aromatic heterocycles. The van der Waals surface area contributed by atoms with Crippen molar-refractivity contribution in [1.29, 1.82) is 0 Å². The van der Waals surface area contributed by atoms with E-state index in [9.17, 15) is 4.79 Å². The van der Waals surface area contributed by atoms with E-state index in [-0.39, 0.29) is 11.7 Å². The minimum atomic E-state index is -0.365. The molecule has 0 saturated carbocycles. The molecule has 2 rings (SSSR count). The minimum Gasteiger partial charge on any atom is -0.494 e. The molecule has 0 aromatic carbocycles. The van der Waals surface area contributed by atoms with Gasteiger partial charge in [0.05, 0.1) is 0 Å². The second-order valence-corrected chi connectivity index (χ2v) is 4.76. The Hall–Kier alpha value is -1.63. The highest BCUT2D eigenvalue weighted by Gasteiger charge is 2.17. The monoisotopic (exact) mass is 255 g/mol.